The summed E-state index contributed by atoms with van der Waals surface area (Å²) >= 11 is 1.26. The Balaban J connectivity index is 2.09. The molecule has 2 rings (SSSR count). The van der Waals surface area contributed by atoms with E-state index in [9.17, 15) is 4.79 Å². The van der Waals surface area contributed by atoms with Gasteiger partial charge in [0.15, 0.2) is 5.82 Å². The second kappa shape index (κ2) is 6.21. The molecule has 0 aliphatic carbocycles. The van der Waals surface area contributed by atoms with Gasteiger partial charge in [0.1, 0.15) is 10.6 Å². The minimum atomic E-state index is -0.416. The van der Waals surface area contributed by atoms with E-state index in [4.69, 9.17) is 15.2 Å². The number of nitrogen functional groups attached to an aromatic ring is 1. The fourth-order valence-electron chi connectivity index (χ4n) is 2.34. The van der Waals surface area contributed by atoms with Crippen LogP contribution in [-0.2, 0) is 9.47 Å². The molecule has 1 fully saturated rings. The quantitative estimate of drug-likeness (QED) is 0.842. The normalized spacial score (nSPS) is 16.6. The summed E-state index contributed by atoms with van der Waals surface area (Å²) in [7, 11) is 3.08. The number of nitrogens with zero attached hydrogens (tertiary/aromatic N) is 2. The van der Waals surface area contributed by atoms with Gasteiger partial charge in [0.25, 0.3) is 0 Å². The van der Waals surface area contributed by atoms with E-state index in [1.54, 1.807) is 7.11 Å². The topological polar surface area (TPSA) is 77.7 Å². The van der Waals surface area contributed by atoms with Crippen LogP contribution in [0.3, 0.4) is 0 Å². The average Bonchev–Trinajstić information content (AvgIpc) is 2.81. The van der Waals surface area contributed by atoms with Crippen LogP contribution >= 0.6 is 11.5 Å². The van der Waals surface area contributed by atoms with Crippen molar-refractivity contribution < 1.29 is 14.3 Å². The Bertz CT molecular complexity index is 441. The number of hydrogen-bond acceptors (Lipinski definition) is 7. The molecule has 106 valence electrons. The average molecular weight is 285 g/mol. The number of aromatic nitrogens is 1. The third-order valence-electron chi connectivity index (χ3n) is 3.39. The van der Waals surface area contributed by atoms with Gasteiger partial charge in [-0.1, -0.05) is 0 Å². The lowest BCUT2D eigenvalue weighted by Crippen LogP contribution is -2.35. The van der Waals surface area contributed by atoms with Crippen LogP contribution in [0, 0.1) is 5.92 Å². The first-order valence-corrected chi connectivity index (χ1v) is 7.02. The maximum atomic E-state index is 11.7. The minimum absolute atomic E-state index is 0.255. The largest absolute Gasteiger partial charge is 0.465 e. The van der Waals surface area contributed by atoms with Gasteiger partial charge in [-0.2, -0.15) is 4.37 Å². The fourth-order valence-corrected chi connectivity index (χ4v) is 3.19. The molecule has 6 nitrogen and oxygen atoms in total. The van der Waals surface area contributed by atoms with E-state index in [-0.39, 0.29) is 5.82 Å². The lowest BCUT2D eigenvalue weighted by Gasteiger charge is -2.32. The van der Waals surface area contributed by atoms with E-state index in [0.29, 0.717) is 11.5 Å². The van der Waals surface area contributed by atoms with Crippen molar-refractivity contribution >= 4 is 28.3 Å². The summed E-state index contributed by atoms with van der Waals surface area (Å²) in [5.74, 6) is 0.430. The number of carbonyl (C=O) groups excluding carboxylic acids is 1. The minimum Gasteiger partial charge on any atom is -0.465 e. The van der Waals surface area contributed by atoms with Gasteiger partial charge in [-0.15, -0.1) is 0 Å². The molecule has 2 N–H and O–H groups in total. The highest BCUT2D eigenvalue weighted by Crippen LogP contribution is 2.33. The zero-order valence-electron chi connectivity index (χ0n) is 11.2. The summed E-state index contributed by atoms with van der Waals surface area (Å²) in [6.45, 7) is 2.57. The monoisotopic (exact) mass is 285 g/mol. The summed E-state index contributed by atoms with van der Waals surface area (Å²) in [4.78, 5) is 13.9. The molecule has 1 aliphatic rings. The lowest BCUT2D eigenvalue weighted by molar-refractivity contribution is 0.0602. The van der Waals surface area contributed by atoms with Crippen LogP contribution in [0.4, 0.5) is 10.8 Å². The Morgan fingerprint density at radius 1 is 1.47 bits per heavy atom. The molecule has 0 radical (unpaired) electrons. The second-order valence-corrected chi connectivity index (χ2v) is 5.38. The molecule has 0 atom stereocenters. The van der Waals surface area contributed by atoms with Crippen LogP contribution in [0.1, 0.15) is 23.2 Å². The van der Waals surface area contributed by atoms with Gasteiger partial charge in [-0.05, 0) is 30.3 Å². The maximum Gasteiger partial charge on any atom is 0.344 e. The molecule has 0 bridgehead atoms. The SMILES string of the molecule is COCC1CCN(c2snc(N)c2C(=O)OC)CC1. The van der Waals surface area contributed by atoms with E-state index in [2.05, 4.69) is 9.27 Å². The van der Waals surface area contributed by atoms with Crippen molar-refractivity contribution in [3.63, 3.8) is 0 Å². The van der Waals surface area contributed by atoms with Gasteiger partial charge in [0.2, 0.25) is 0 Å². The van der Waals surface area contributed by atoms with Crippen LogP contribution in [0.5, 0.6) is 0 Å². The van der Waals surface area contributed by atoms with Crippen LogP contribution < -0.4 is 10.6 Å². The van der Waals surface area contributed by atoms with Gasteiger partial charge in [0.05, 0.1) is 7.11 Å². The molecule has 1 aliphatic heterocycles. The van der Waals surface area contributed by atoms with Crippen molar-refractivity contribution in [2.24, 2.45) is 5.92 Å². The summed E-state index contributed by atoms with van der Waals surface area (Å²) in [5, 5.41) is 0.820. The summed E-state index contributed by atoms with van der Waals surface area (Å²) < 4.78 is 14.0. The molecule has 1 aromatic heterocycles. The molecule has 0 amide bonds. The number of ether oxygens (including phenoxy) is 2. The Hall–Kier alpha value is -1.34. The number of carbonyl (C=O) groups is 1. The first-order chi connectivity index (χ1) is 9.17. The number of hydrogen-bond donors (Lipinski definition) is 1. The second-order valence-electron chi connectivity index (χ2n) is 4.63. The molecule has 1 aromatic rings. The van der Waals surface area contributed by atoms with Crippen LogP contribution in [0.2, 0.25) is 0 Å². The van der Waals surface area contributed by atoms with Crippen molar-refractivity contribution in [2.45, 2.75) is 12.8 Å². The van der Waals surface area contributed by atoms with Crippen molar-refractivity contribution in [3.8, 4) is 0 Å². The van der Waals surface area contributed by atoms with Crippen LogP contribution in [0.15, 0.2) is 0 Å². The highest BCUT2D eigenvalue weighted by atomic mass is 32.1. The number of esters is 1. The molecular formula is C12H19N3O3S. The number of nitrogens with two attached hydrogens (primary N) is 1. The number of methoxy groups -OCH3 is 2. The van der Waals surface area contributed by atoms with Gasteiger partial charge in [-0.25, -0.2) is 4.79 Å². The summed E-state index contributed by atoms with van der Waals surface area (Å²) in [6.07, 6.45) is 2.10. The van der Waals surface area contributed by atoms with Crippen LogP contribution in [0.25, 0.3) is 0 Å². The van der Waals surface area contributed by atoms with Gasteiger partial charge in [-0.3, -0.25) is 0 Å². The molecule has 1 saturated heterocycles. The summed E-state index contributed by atoms with van der Waals surface area (Å²) in [5.41, 5.74) is 6.15. The van der Waals surface area contributed by atoms with Crippen molar-refractivity contribution in [2.75, 3.05) is 44.5 Å². The molecule has 0 spiro atoms. The predicted octanol–water partition coefficient (Wildman–Crippen LogP) is 1.37. The summed E-state index contributed by atoms with van der Waals surface area (Å²) in [6, 6.07) is 0. The van der Waals surface area contributed by atoms with E-state index in [1.165, 1.54) is 18.6 Å². The van der Waals surface area contributed by atoms with E-state index in [1.807, 2.05) is 0 Å². The highest BCUT2D eigenvalue weighted by molar-refractivity contribution is 7.11. The zero-order chi connectivity index (χ0) is 13.8. The highest BCUT2D eigenvalue weighted by Gasteiger charge is 2.27. The van der Waals surface area contributed by atoms with Crippen LogP contribution in [-0.4, -0.2) is 44.3 Å². The van der Waals surface area contributed by atoms with Crippen molar-refractivity contribution in [3.05, 3.63) is 5.56 Å². The van der Waals surface area contributed by atoms with Gasteiger partial charge in [0, 0.05) is 26.8 Å². The van der Waals surface area contributed by atoms with Gasteiger partial charge < -0.3 is 20.1 Å². The van der Waals surface area contributed by atoms with E-state index >= 15 is 0 Å². The predicted molar refractivity (Wildman–Crippen MR) is 74.7 cm³/mol. The lowest BCUT2D eigenvalue weighted by atomic mass is 9.98. The third kappa shape index (κ3) is 2.98. The smallest absolute Gasteiger partial charge is 0.344 e. The first kappa shape index (κ1) is 14.1. The zero-order valence-corrected chi connectivity index (χ0v) is 12.0. The standard InChI is InChI=1S/C12H19N3O3S/c1-17-7-8-3-5-15(6-4-8)11-9(12(16)18-2)10(13)14-19-11/h8H,3-7H2,1-2H3,(H2,13,14). The maximum absolute atomic E-state index is 11.7. The molecule has 0 unspecified atom stereocenters. The molecule has 0 saturated carbocycles. The van der Waals surface area contributed by atoms with E-state index < -0.39 is 5.97 Å². The Morgan fingerprint density at radius 3 is 2.74 bits per heavy atom. The van der Waals surface area contributed by atoms with Gasteiger partial charge >= 0.3 is 5.97 Å². The number of rotatable bonds is 4. The Morgan fingerprint density at radius 2 is 2.16 bits per heavy atom. The Kier molecular flexibility index (Phi) is 4.60. The van der Waals surface area contributed by atoms with Crippen molar-refractivity contribution in [1.29, 1.82) is 0 Å². The first-order valence-electron chi connectivity index (χ1n) is 6.24. The molecule has 0 aromatic carbocycles. The molecule has 7 heteroatoms. The molecule has 19 heavy (non-hydrogen) atoms. The number of anilines is 2. The molecule has 2 heterocycles. The van der Waals surface area contributed by atoms with Crippen molar-refractivity contribution in [1.82, 2.24) is 4.37 Å². The Labute approximate surface area is 116 Å². The molecular weight excluding hydrogens is 266 g/mol. The third-order valence-corrected chi connectivity index (χ3v) is 4.32. The number of piperidine rings is 1. The fraction of sp³-hybridized carbons (Fsp3) is 0.667. The van der Waals surface area contributed by atoms with E-state index in [0.717, 1.165) is 37.5 Å².